The number of nitrogens with one attached hydrogen (secondary N) is 1. The number of halogens is 3. The molecule has 0 spiro atoms. The number of hydrogen-bond donors (Lipinski definition) is 2. The number of carbonyl (C=O) groups excluding carboxylic acids is 1. The second kappa shape index (κ2) is 8.35. The van der Waals surface area contributed by atoms with Crippen molar-refractivity contribution in [3.05, 3.63) is 51.0 Å². The van der Waals surface area contributed by atoms with Gasteiger partial charge in [-0.2, -0.15) is 0 Å². The van der Waals surface area contributed by atoms with Gasteiger partial charge in [0.05, 0.1) is 33.9 Å². The SMILES string of the molecule is COC(=O)c1ccc(Cl)c2nc(Nc3ccc(Cl)cc3Cl)n(CCCO)c12. The van der Waals surface area contributed by atoms with E-state index in [2.05, 4.69) is 10.3 Å². The third-order valence-corrected chi connectivity index (χ3v) is 4.82. The third-order valence-electron chi connectivity index (χ3n) is 3.97. The van der Waals surface area contributed by atoms with Crippen molar-refractivity contribution in [1.29, 1.82) is 0 Å². The molecule has 0 bridgehead atoms. The summed E-state index contributed by atoms with van der Waals surface area (Å²) >= 11 is 18.5. The number of hydrogen-bond acceptors (Lipinski definition) is 5. The number of esters is 1. The Bertz CT molecular complexity index is 1000. The summed E-state index contributed by atoms with van der Waals surface area (Å²) in [5, 5.41) is 13.7. The van der Waals surface area contributed by atoms with E-state index < -0.39 is 5.97 Å². The van der Waals surface area contributed by atoms with Crippen LogP contribution in [0.4, 0.5) is 11.6 Å². The lowest BCUT2D eigenvalue weighted by Crippen LogP contribution is -2.09. The number of carbonyl (C=O) groups is 1. The van der Waals surface area contributed by atoms with Crippen LogP contribution >= 0.6 is 34.8 Å². The van der Waals surface area contributed by atoms with Crippen molar-refractivity contribution in [3.8, 4) is 0 Å². The smallest absolute Gasteiger partial charge is 0.340 e. The van der Waals surface area contributed by atoms with Gasteiger partial charge in [-0.05, 0) is 36.8 Å². The predicted octanol–water partition coefficient (Wildman–Crippen LogP) is 4.91. The van der Waals surface area contributed by atoms with E-state index in [1.807, 2.05) is 0 Å². The molecule has 2 N–H and O–H groups in total. The lowest BCUT2D eigenvalue weighted by Gasteiger charge is -2.13. The highest BCUT2D eigenvalue weighted by atomic mass is 35.5. The Morgan fingerprint density at radius 1 is 1.22 bits per heavy atom. The van der Waals surface area contributed by atoms with E-state index in [-0.39, 0.29) is 6.61 Å². The summed E-state index contributed by atoms with van der Waals surface area (Å²) in [6.07, 6.45) is 0.460. The summed E-state index contributed by atoms with van der Waals surface area (Å²) in [6, 6.07) is 8.22. The number of benzene rings is 2. The number of aliphatic hydroxyl groups is 1. The lowest BCUT2D eigenvalue weighted by atomic mass is 10.2. The van der Waals surface area contributed by atoms with Crippen molar-refractivity contribution < 1.29 is 14.6 Å². The van der Waals surface area contributed by atoms with Gasteiger partial charge < -0.3 is 19.7 Å². The van der Waals surface area contributed by atoms with Crippen molar-refractivity contribution in [2.75, 3.05) is 19.0 Å². The number of nitrogens with zero attached hydrogens (tertiary/aromatic N) is 2. The Morgan fingerprint density at radius 3 is 2.67 bits per heavy atom. The second-order valence-corrected chi connectivity index (χ2v) is 6.95. The fourth-order valence-electron chi connectivity index (χ4n) is 2.73. The van der Waals surface area contributed by atoms with Gasteiger partial charge in [0, 0.05) is 18.2 Å². The molecule has 27 heavy (non-hydrogen) atoms. The lowest BCUT2D eigenvalue weighted by molar-refractivity contribution is 0.0602. The molecule has 1 heterocycles. The molecule has 3 rings (SSSR count). The summed E-state index contributed by atoms with van der Waals surface area (Å²) in [5.74, 6) is -0.0705. The zero-order valence-electron chi connectivity index (χ0n) is 14.3. The summed E-state index contributed by atoms with van der Waals surface area (Å²) in [5.41, 5.74) is 1.90. The van der Waals surface area contributed by atoms with Gasteiger partial charge in [0.15, 0.2) is 0 Å². The highest BCUT2D eigenvalue weighted by Crippen LogP contribution is 2.33. The Labute approximate surface area is 170 Å². The monoisotopic (exact) mass is 427 g/mol. The zero-order valence-corrected chi connectivity index (χ0v) is 16.6. The van der Waals surface area contributed by atoms with Crippen molar-refractivity contribution in [2.24, 2.45) is 0 Å². The van der Waals surface area contributed by atoms with Crippen LogP contribution in [0, 0.1) is 0 Å². The highest BCUT2D eigenvalue weighted by Gasteiger charge is 2.21. The molecule has 6 nitrogen and oxygen atoms in total. The molecule has 0 aliphatic rings. The minimum Gasteiger partial charge on any atom is -0.465 e. The predicted molar refractivity (Wildman–Crippen MR) is 108 cm³/mol. The molecule has 0 aliphatic heterocycles. The Kier molecular flexibility index (Phi) is 6.11. The molecule has 0 fully saturated rings. The van der Waals surface area contributed by atoms with Gasteiger partial charge in [-0.15, -0.1) is 0 Å². The molecular formula is C18H16Cl3N3O3. The summed E-state index contributed by atoms with van der Waals surface area (Å²) in [4.78, 5) is 16.8. The van der Waals surface area contributed by atoms with Crippen LogP contribution in [-0.2, 0) is 11.3 Å². The van der Waals surface area contributed by atoms with Gasteiger partial charge in [-0.3, -0.25) is 0 Å². The molecule has 0 aliphatic carbocycles. The molecule has 2 aromatic carbocycles. The first-order valence-corrected chi connectivity index (χ1v) is 9.19. The Balaban J connectivity index is 2.19. The minimum absolute atomic E-state index is 0.0189. The van der Waals surface area contributed by atoms with Crippen LogP contribution in [0.1, 0.15) is 16.8 Å². The van der Waals surface area contributed by atoms with E-state index >= 15 is 0 Å². The van der Waals surface area contributed by atoms with Gasteiger partial charge in [-0.25, -0.2) is 9.78 Å². The molecular weight excluding hydrogens is 413 g/mol. The number of anilines is 2. The fraction of sp³-hybridized carbons (Fsp3) is 0.222. The van der Waals surface area contributed by atoms with Crippen LogP contribution < -0.4 is 5.32 Å². The van der Waals surface area contributed by atoms with Crippen LogP contribution in [0.15, 0.2) is 30.3 Å². The maximum atomic E-state index is 12.2. The van der Waals surface area contributed by atoms with Crippen LogP contribution in [0.2, 0.25) is 15.1 Å². The molecule has 1 aromatic heterocycles. The fourth-order valence-corrected chi connectivity index (χ4v) is 3.39. The highest BCUT2D eigenvalue weighted by molar-refractivity contribution is 6.36. The van der Waals surface area contributed by atoms with Gasteiger partial charge in [0.25, 0.3) is 0 Å². The quantitative estimate of drug-likeness (QED) is 0.546. The van der Waals surface area contributed by atoms with Crippen LogP contribution in [0.25, 0.3) is 11.0 Å². The molecule has 0 amide bonds. The first-order valence-electron chi connectivity index (χ1n) is 8.06. The van der Waals surface area contributed by atoms with E-state index in [0.29, 0.717) is 56.3 Å². The number of rotatable bonds is 6. The number of fused-ring (bicyclic) bond motifs is 1. The summed E-state index contributed by atoms with van der Waals surface area (Å²) in [7, 11) is 1.31. The summed E-state index contributed by atoms with van der Waals surface area (Å²) < 4.78 is 6.65. The number of aromatic nitrogens is 2. The number of aliphatic hydroxyl groups excluding tert-OH is 1. The number of aryl methyl sites for hydroxylation is 1. The molecule has 0 saturated heterocycles. The van der Waals surface area contributed by atoms with Gasteiger partial charge >= 0.3 is 5.97 Å². The first kappa shape index (κ1) is 19.8. The maximum absolute atomic E-state index is 12.2. The van der Waals surface area contributed by atoms with Crippen molar-refractivity contribution >= 4 is 63.4 Å². The van der Waals surface area contributed by atoms with Crippen molar-refractivity contribution in [1.82, 2.24) is 9.55 Å². The van der Waals surface area contributed by atoms with Crippen LogP contribution in [0.5, 0.6) is 0 Å². The number of methoxy groups -OCH3 is 1. The maximum Gasteiger partial charge on any atom is 0.340 e. The molecule has 9 heteroatoms. The second-order valence-electron chi connectivity index (χ2n) is 5.70. The van der Waals surface area contributed by atoms with Gasteiger partial charge in [0.2, 0.25) is 5.95 Å². The normalized spacial score (nSPS) is 11.0. The largest absolute Gasteiger partial charge is 0.465 e. The average molecular weight is 429 g/mol. The Hall–Kier alpha value is -1.99. The van der Waals surface area contributed by atoms with Gasteiger partial charge in [0.1, 0.15) is 5.52 Å². The van der Waals surface area contributed by atoms with E-state index in [4.69, 9.17) is 39.5 Å². The third kappa shape index (κ3) is 3.99. The molecule has 0 unspecified atom stereocenters. The summed E-state index contributed by atoms with van der Waals surface area (Å²) in [6.45, 7) is 0.389. The van der Waals surface area contributed by atoms with Gasteiger partial charge in [-0.1, -0.05) is 34.8 Å². The molecule has 0 atom stereocenters. The molecule has 3 aromatic rings. The average Bonchev–Trinajstić information content (AvgIpc) is 3.01. The van der Waals surface area contributed by atoms with Crippen LogP contribution in [-0.4, -0.2) is 34.3 Å². The van der Waals surface area contributed by atoms with E-state index in [1.54, 1.807) is 34.9 Å². The zero-order chi connectivity index (χ0) is 19.6. The standard InChI is InChI=1S/C18H16Cl3N3O3/c1-27-17(26)11-4-5-12(20)15-16(11)24(7-2-8-25)18(23-15)22-14-6-3-10(19)9-13(14)21/h3-6,9,25H,2,7-8H2,1H3,(H,22,23). The van der Waals surface area contributed by atoms with E-state index in [1.165, 1.54) is 7.11 Å². The number of ether oxygens (including phenoxy) is 1. The molecule has 0 saturated carbocycles. The van der Waals surface area contributed by atoms with E-state index in [9.17, 15) is 9.90 Å². The molecule has 0 radical (unpaired) electrons. The topological polar surface area (TPSA) is 76.4 Å². The van der Waals surface area contributed by atoms with E-state index in [0.717, 1.165) is 0 Å². The van der Waals surface area contributed by atoms with Crippen molar-refractivity contribution in [3.63, 3.8) is 0 Å². The van der Waals surface area contributed by atoms with Crippen LogP contribution in [0.3, 0.4) is 0 Å². The number of imidazole rings is 1. The molecule has 142 valence electrons. The van der Waals surface area contributed by atoms with Crippen molar-refractivity contribution in [2.45, 2.75) is 13.0 Å². The minimum atomic E-state index is -0.502. The first-order chi connectivity index (χ1) is 13.0. The Morgan fingerprint density at radius 2 is 2.00 bits per heavy atom.